The number of halogens is 2. The molecule has 0 bridgehead atoms. The maximum Gasteiger partial charge on any atom is 0.138 e. The fourth-order valence-corrected chi connectivity index (χ4v) is 1.65. The third-order valence-corrected chi connectivity index (χ3v) is 2.50. The van der Waals surface area contributed by atoms with Gasteiger partial charge in [-0.15, -0.1) is 5.10 Å². The standard InChI is InChI=1S/C9H8ClFN4/c1-6(15-5-12-13-14-15)8-3-2-7(11)4-9(8)10/h2-6H,1H3. The number of benzene rings is 1. The van der Waals surface area contributed by atoms with E-state index in [1.165, 1.54) is 18.5 Å². The first-order valence-corrected chi connectivity index (χ1v) is 4.73. The van der Waals surface area contributed by atoms with Crippen LogP contribution in [0, 0.1) is 5.82 Å². The normalized spacial score (nSPS) is 12.7. The van der Waals surface area contributed by atoms with E-state index in [-0.39, 0.29) is 11.9 Å². The second-order valence-corrected chi connectivity index (χ2v) is 3.54. The molecule has 0 radical (unpaired) electrons. The Morgan fingerprint density at radius 2 is 2.27 bits per heavy atom. The average molecular weight is 227 g/mol. The van der Waals surface area contributed by atoms with Crippen LogP contribution in [0.4, 0.5) is 4.39 Å². The fraction of sp³-hybridized carbons (Fsp3) is 0.222. The van der Waals surface area contributed by atoms with Gasteiger partial charge in [0.15, 0.2) is 0 Å². The molecule has 0 aliphatic heterocycles. The van der Waals surface area contributed by atoms with E-state index in [0.717, 1.165) is 5.56 Å². The first-order valence-electron chi connectivity index (χ1n) is 4.36. The molecule has 15 heavy (non-hydrogen) atoms. The molecule has 1 unspecified atom stereocenters. The quantitative estimate of drug-likeness (QED) is 0.788. The van der Waals surface area contributed by atoms with Crippen molar-refractivity contribution in [3.05, 3.63) is 40.9 Å². The molecule has 0 saturated carbocycles. The molecule has 0 spiro atoms. The number of nitrogens with zero attached hydrogens (tertiary/aromatic N) is 4. The highest BCUT2D eigenvalue weighted by atomic mass is 35.5. The van der Waals surface area contributed by atoms with Crippen LogP contribution in [0.3, 0.4) is 0 Å². The fourth-order valence-electron chi connectivity index (χ4n) is 1.33. The summed E-state index contributed by atoms with van der Waals surface area (Å²) in [6.07, 6.45) is 1.49. The zero-order valence-corrected chi connectivity index (χ0v) is 8.69. The molecule has 0 aliphatic carbocycles. The summed E-state index contributed by atoms with van der Waals surface area (Å²) in [5.41, 5.74) is 0.783. The summed E-state index contributed by atoms with van der Waals surface area (Å²) in [5.74, 6) is -0.354. The van der Waals surface area contributed by atoms with E-state index in [0.29, 0.717) is 5.02 Å². The lowest BCUT2D eigenvalue weighted by atomic mass is 10.1. The second kappa shape index (κ2) is 3.94. The Bertz CT molecular complexity index is 457. The Kier molecular flexibility index (Phi) is 2.64. The molecule has 4 nitrogen and oxygen atoms in total. The van der Waals surface area contributed by atoms with Gasteiger partial charge < -0.3 is 0 Å². The highest BCUT2D eigenvalue weighted by Gasteiger charge is 2.12. The van der Waals surface area contributed by atoms with Gasteiger partial charge in [0.1, 0.15) is 12.1 Å². The van der Waals surface area contributed by atoms with E-state index in [2.05, 4.69) is 15.5 Å². The first kappa shape index (κ1) is 10.0. The molecule has 1 aromatic carbocycles. The molecule has 1 heterocycles. The van der Waals surface area contributed by atoms with Crippen molar-refractivity contribution < 1.29 is 4.39 Å². The van der Waals surface area contributed by atoms with Gasteiger partial charge in [-0.25, -0.2) is 9.07 Å². The summed E-state index contributed by atoms with van der Waals surface area (Å²) in [6, 6.07) is 4.15. The number of aromatic nitrogens is 4. The Balaban J connectivity index is 2.38. The molecule has 1 aromatic heterocycles. The van der Waals surface area contributed by atoms with Crippen molar-refractivity contribution in [3.8, 4) is 0 Å². The number of hydrogen-bond acceptors (Lipinski definition) is 3. The molecular formula is C9H8ClFN4. The smallest absolute Gasteiger partial charge is 0.138 e. The Labute approximate surface area is 90.7 Å². The van der Waals surface area contributed by atoms with Gasteiger partial charge in [-0.1, -0.05) is 17.7 Å². The monoisotopic (exact) mass is 226 g/mol. The molecule has 0 fully saturated rings. The molecule has 1 atom stereocenters. The summed E-state index contributed by atoms with van der Waals surface area (Å²) in [6.45, 7) is 1.88. The molecule has 0 saturated heterocycles. The highest BCUT2D eigenvalue weighted by molar-refractivity contribution is 6.31. The van der Waals surface area contributed by atoms with Crippen molar-refractivity contribution in [2.24, 2.45) is 0 Å². The lowest BCUT2D eigenvalue weighted by Gasteiger charge is -2.12. The Morgan fingerprint density at radius 1 is 1.47 bits per heavy atom. The van der Waals surface area contributed by atoms with Gasteiger partial charge in [0, 0.05) is 5.02 Å². The van der Waals surface area contributed by atoms with Crippen LogP contribution in [-0.4, -0.2) is 20.2 Å². The number of tetrazole rings is 1. The minimum atomic E-state index is -0.354. The summed E-state index contributed by atoms with van der Waals surface area (Å²) in [4.78, 5) is 0. The number of rotatable bonds is 2. The van der Waals surface area contributed by atoms with Gasteiger partial charge in [-0.05, 0) is 35.0 Å². The van der Waals surface area contributed by atoms with Crippen LogP contribution in [-0.2, 0) is 0 Å². The van der Waals surface area contributed by atoms with Crippen LogP contribution in [0.5, 0.6) is 0 Å². The van der Waals surface area contributed by atoms with Crippen molar-refractivity contribution >= 4 is 11.6 Å². The van der Waals surface area contributed by atoms with Gasteiger partial charge in [0.25, 0.3) is 0 Å². The van der Waals surface area contributed by atoms with E-state index in [9.17, 15) is 4.39 Å². The summed E-state index contributed by atoms with van der Waals surface area (Å²) in [7, 11) is 0. The predicted molar refractivity (Wildman–Crippen MR) is 53.0 cm³/mol. The van der Waals surface area contributed by atoms with Crippen molar-refractivity contribution in [1.29, 1.82) is 0 Å². The van der Waals surface area contributed by atoms with Crippen LogP contribution >= 0.6 is 11.6 Å². The van der Waals surface area contributed by atoms with Gasteiger partial charge in [-0.2, -0.15) is 0 Å². The van der Waals surface area contributed by atoms with Crippen molar-refractivity contribution in [3.63, 3.8) is 0 Å². The molecule has 6 heteroatoms. The molecule has 0 aliphatic rings. The Hall–Kier alpha value is -1.49. The minimum Gasteiger partial charge on any atom is -0.225 e. The van der Waals surface area contributed by atoms with E-state index >= 15 is 0 Å². The van der Waals surface area contributed by atoms with Crippen LogP contribution < -0.4 is 0 Å². The second-order valence-electron chi connectivity index (χ2n) is 3.13. The SMILES string of the molecule is CC(c1ccc(F)cc1Cl)n1cnnn1. The van der Waals surface area contributed by atoms with Crippen LogP contribution in [0.2, 0.25) is 5.02 Å². The van der Waals surface area contributed by atoms with Gasteiger partial charge >= 0.3 is 0 Å². The van der Waals surface area contributed by atoms with Gasteiger partial charge in [-0.3, -0.25) is 0 Å². The van der Waals surface area contributed by atoms with Gasteiger partial charge in [0.05, 0.1) is 6.04 Å². The van der Waals surface area contributed by atoms with E-state index in [4.69, 9.17) is 11.6 Å². The third-order valence-electron chi connectivity index (χ3n) is 2.17. The molecule has 78 valence electrons. The zero-order chi connectivity index (χ0) is 10.8. The third kappa shape index (κ3) is 1.97. The highest BCUT2D eigenvalue weighted by Crippen LogP contribution is 2.25. The van der Waals surface area contributed by atoms with Crippen molar-refractivity contribution in [2.75, 3.05) is 0 Å². The van der Waals surface area contributed by atoms with Crippen LogP contribution in [0.25, 0.3) is 0 Å². The molecule has 2 aromatic rings. The maximum atomic E-state index is 12.8. The summed E-state index contributed by atoms with van der Waals surface area (Å²) >= 11 is 5.92. The molecule has 0 amide bonds. The number of hydrogen-bond donors (Lipinski definition) is 0. The maximum absolute atomic E-state index is 12.8. The average Bonchev–Trinajstić information content (AvgIpc) is 2.69. The molecule has 2 rings (SSSR count). The van der Waals surface area contributed by atoms with Crippen molar-refractivity contribution in [2.45, 2.75) is 13.0 Å². The van der Waals surface area contributed by atoms with Crippen LogP contribution in [0.1, 0.15) is 18.5 Å². The minimum absolute atomic E-state index is 0.118. The zero-order valence-electron chi connectivity index (χ0n) is 7.93. The Morgan fingerprint density at radius 3 is 2.87 bits per heavy atom. The van der Waals surface area contributed by atoms with E-state index in [1.54, 1.807) is 10.7 Å². The molecule has 0 N–H and O–H groups in total. The van der Waals surface area contributed by atoms with Gasteiger partial charge in [0.2, 0.25) is 0 Å². The summed E-state index contributed by atoms with van der Waals surface area (Å²) in [5, 5.41) is 11.2. The van der Waals surface area contributed by atoms with E-state index in [1.807, 2.05) is 6.92 Å². The van der Waals surface area contributed by atoms with Crippen LogP contribution in [0.15, 0.2) is 24.5 Å². The molecular weight excluding hydrogens is 219 g/mol. The first-order chi connectivity index (χ1) is 7.18. The topological polar surface area (TPSA) is 43.6 Å². The summed E-state index contributed by atoms with van der Waals surface area (Å²) < 4.78 is 14.4. The lowest BCUT2D eigenvalue weighted by molar-refractivity contribution is 0.541. The lowest BCUT2D eigenvalue weighted by Crippen LogP contribution is -2.08. The van der Waals surface area contributed by atoms with E-state index < -0.39 is 0 Å². The largest absolute Gasteiger partial charge is 0.225 e. The van der Waals surface area contributed by atoms with Crippen molar-refractivity contribution in [1.82, 2.24) is 20.2 Å². The predicted octanol–water partition coefficient (Wildman–Crippen LogP) is 2.07.